The summed E-state index contributed by atoms with van der Waals surface area (Å²) in [5.74, 6) is -0.637. The van der Waals surface area contributed by atoms with E-state index in [1.165, 1.54) is 29.0 Å². The van der Waals surface area contributed by atoms with Crippen molar-refractivity contribution in [3.05, 3.63) is 76.5 Å². The van der Waals surface area contributed by atoms with Gasteiger partial charge in [0.1, 0.15) is 10.8 Å². The second-order valence-electron chi connectivity index (χ2n) is 8.12. The van der Waals surface area contributed by atoms with Crippen LogP contribution in [0, 0.1) is 11.7 Å². The number of carbonyl (C=O) groups excluding carboxylic acids is 2. The predicted molar refractivity (Wildman–Crippen MR) is 122 cm³/mol. The molecule has 1 aliphatic rings. The van der Waals surface area contributed by atoms with Gasteiger partial charge in [-0.3, -0.25) is 9.59 Å². The highest BCUT2D eigenvalue weighted by Crippen LogP contribution is 2.25. The van der Waals surface area contributed by atoms with Gasteiger partial charge in [-0.1, -0.05) is 60.7 Å². The predicted octanol–water partition coefficient (Wildman–Crippen LogP) is 4.05. The summed E-state index contributed by atoms with van der Waals surface area (Å²) in [7, 11) is 0. The molecule has 8 heteroatoms. The Morgan fingerprint density at radius 3 is 2.69 bits per heavy atom. The van der Waals surface area contributed by atoms with Crippen molar-refractivity contribution in [1.29, 1.82) is 0 Å². The van der Waals surface area contributed by atoms with E-state index in [4.69, 9.17) is 0 Å². The van der Waals surface area contributed by atoms with Crippen molar-refractivity contribution in [2.24, 2.45) is 5.92 Å². The van der Waals surface area contributed by atoms with Gasteiger partial charge >= 0.3 is 0 Å². The van der Waals surface area contributed by atoms with Gasteiger partial charge in [0.05, 0.1) is 5.92 Å². The zero-order valence-corrected chi connectivity index (χ0v) is 18.6. The second kappa shape index (κ2) is 9.99. The van der Waals surface area contributed by atoms with Gasteiger partial charge in [-0.25, -0.2) is 4.39 Å². The Balaban J connectivity index is 1.28. The Hall–Kier alpha value is -3.13. The van der Waals surface area contributed by atoms with Crippen molar-refractivity contribution in [1.82, 2.24) is 15.1 Å². The van der Waals surface area contributed by atoms with E-state index in [9.17, 15) is 14.0 Å². The third-order valence-electron chi connectivity index (χ3n) is 5.72. The molecule has 1 aliphatic heterocycles. The molecule has 0 saturated carbocycles. The van der Waals surface area contributed by atoms with Gasteiger partial charge in [-0.05, 0) is 35.6 Å². The van der Waals surface area contributed by atoms with Crippen LogP contribution in [0.1, 0.15) is 35.4 Å². The third-order valence-corrected chi connectivity index (χ3v) is 6.58. The highest BCUT2D eigenvalue weighted by atomic mass is 32.1. The fourth-order valence-corrected chi connectivity index (χ4v) is 4.71. The second-order valence-corrected chi connectivity index (χ2v) is 9.19. The molecule has 1 saturated heterocycles. The number of carbonyl (C=O) groups is 2. The topological polar surface area (TPSA) is 75.2 Å². The van der Waals surface area contributed by atoms with Crippen LogP contribution in [0.4, 0.5) is 9.52 Å². The molecular weight excluding hydrogens is 427 g/mol. The lowest BCUT2D eigenvalue weighted by atomic mass is 9.98. The van der Waals surface area contributed by atoms with E-state index < -0.39 is 5.92 Å². The van der Waals surface area contributed by atoms with Crippen LogP contribution >= 0.6 is 11.3 Å². The number of amides is 2. The highest BCUT2D eigenvalue weighted by molar-refractivity contribution is 7.15. The standard InChI is InChI=1S/C24H25FN4O2S/c1-16(18-5-3-2-4-6-18)13-21-27-28-24(32-21)26-23(31)19-14-22(30)29(15-19)12-11-17-7-9-20(25)10-8-17/h2-10,16,19H,11-15H2,1H3,(H,26,28,31)/t16-,19-/m1/s1. The molecule has 1 aromatic heterocycles. The number of nitrogens with one attached hydrogen (secondary N) is 1. The highest BCUT2D eigenvalue weighted by Gasteiger charge is 2.34. The van der Waals surface area contributed by atoms with Crippen LogP contribution in [0.2, 0.25) is 0 Å². The van der Waals surface area contributed by atoms with Gasteiger partial charge < -0.3 is 10.2 Å². The van der Waals surface area contributed by atoms with Gasteiger partial charge in [0.25, 0.3) is 0 Å². The molecule has 0 bridgehead atoms. The summed E-state index contributed by atoms with van der Waals surface area (Å²) in [5, 5.41) is 12.5. The summed E-state index contributed by atoms with van der Waals surface area (Å²) in [6.07, 6.45) is 1.56. The molecule has 2 aromatic carbocycles. The number of hydrogen-bond acceptors (Lipinski definition) is 5. The van der Waals surface area contributed by atoms with E-state index in [1.807, 2.05) is 18.2 Å². The summed E-state index contributed by atoms with van der Waals surface area (Å²) in [4.78, 5) is 26.7. The minimum Gasteiger partial charge on any atom is -0.342 e. The van der Waals surface area contributed by atoms with Crippen LogP contribution < -0.4 is 5.32 Å². The summed E-state index contributed by atoms with van der Waals surface area (Å²) in [5.41, 5.74) is 2.19. The van der Waals surface area contributed by atoms with Crippen molar-refractivity contribution >= 4 is 28.3 Å². The molecule has 3 aromatic rings. The number of rotatable bonds is 8. The van der Waals surface area contributed by atoms with Crippen LogP contribution in [0.15, 0.2) is 54.6 Å². The van der Waals surface area contributed by atoms with Crippen LogP contribution in [0.5, 0.6) is 0 Å². The first-order chi connectivity index (χ1) is 15.5. The molecule has 1 fully saturated rings. The molecule has 0 aliphatic carbocycles. The first-order valence-electron chi connectivity index (χ1n) is 10.7. The number of likely N-dealkylation sites (tertiary alicyclic amines) is 1. The molecule has 32 heavy (non-hydrogen) atoms. The Morgan fingerprint density at radius 1 is 1.19 bits per heavy atom. The SMILES string of the molecule is C[C@H](Cc1nnc(NC(=O)[C@@H]2CC(=O)N(CCc3ccc(F)cc3)C2)s1)c1ccccc1. The fourth-order valence-electron chi connectivity index (χ4n) is 3.83. The van der Waals surface area contributed by atoms with Gasteiger partial charge in [0, 0.05) is 25.9 Å². The lowest BCUT2D eigenvalue weighted by Gasteiger charge is -2.16. The molecule has 0 unspecified atom stereocenters. The average Bonchev–Trinajstić information content (AvgIpc) is 3.40. The molecule has 6 nitrogen and oxygen atoms in total. The number of aromatic nitrogens is 2. The monoisotopic (exact) mass is 452 g/mol. The average molecular weight is 453 g/mol. The van der Waals surface area contributed by atoms with Crippen LogP contribution in [0.3, 0.4) is 0 Å². The van der Waals surface area contributed by atoms with Crippen LogP contribution in [0.25, 0.3) is 0 Å². The van der Waals surface area contributed by atoms with E-state index in [0.29, 0.717) is 30.6 Å². The van der Waals surface area contributed by atoms with Crippen molar-refractivity contribution in [2.45, 2.75) is 32.1 Å². The summed E-state index contributed by atoms with van der Waals surface area (Å²) in [6.45, 7) is 3.02. The van der Waals surface area contributed by atoms with Gasteiger partial charge in [0.15, 0.2) is 0 Å². The van der Waals surface area contributed by atoms with E-state index in [1.54, 1.807) is 17.0 Å². The Morgan fingerprint density at radius 2 is 1.94 bits per heavy atom. The molecule has 2 amide bonds. The first kappa shape index (κ1) is 22.1. The molecule has 2 atom stereocenters. The minimum atomic E-state index is -0.411. The molecular formula is C24H25FN4O2S. The lowest BCUT2D eigenvalue weighted by molar-refractivity contribution is -0.128. The number of benzene rings is 2. The maximum atomic E-state index is 13.0. The summed E-state index contributed by atoms with van der Waals surface area (Å²) < 4.78 is 13.0. The Bertz CT molecular complexity index is 1070. The van der Waals surface area contributed by atoms with Crippen LogP contribution in [-0.2, 0) is 22.4 Å². The summed E-state index contributed by atoms with van der Waals surface area (Å²) in [6, 6.07) is 16.5. The number of halogens is 1. The molecule has 1 N–H and O–H groups in total. The normalized spacial score (nSPS) is 16.9. The lowest BCUT2D eigenvalue weighted by Crippen LogP contribution is -2.30. The Kier molecular flexibility index (Phi) is 6.90. The van der Waals surface area contributed by atoms with E-state index in [0.717, 1.165) is 17.0 Å². The Labute approximate surface area is 190 Å². The number of hydrogen-bond donors (Lipinski definition) is 1. The van der Waals surface area contributed by atoms with Crippen molar-refractivity contribution < 1.29 is 14.0 Å². The van der Waals surface area contributed by atoms with E-state index >= 15 is 0 Å². The van der Waals surface area contributed by atoms with Gasteiger partial charge in [0.2, 0.25) is 16.9 Å². The maximum absolute atomic E-state index is 13.0. The zero-order chi connectivity index (χ0) is 22.5. The molecule has 0 spiro atoms. The van der Waals surface area contributed by atoms with E-state index in [2.05, 4.69) is 34.6 Å². The fraction of sp³-hybridized carbons (Fsp3) is 0.333. The minimum absolute atomic E-state index is 0.0399. The molecule has 4 rings (SSSR count). The quantitative estimate of drug-likeness (QED) is 0.559. The van der Waals surface area contributed by atoms with Crippen molar-refractivity contribution in [3.63, 3.8) is 0 Å². The number of nitrogens with zero attached hydrogens (tertiary/aromatic N) is 3. The van der Waals surface area contributed by atoms with Crippen molar-refractivity contribution in [2.75, 3.05) is 18.4 Å². The molecule has 2 heterocycles. The van der Waals surface area contributed by atoms with E-state index in [-0.39, 0.29) is 24.1 Å². The maximum Gasteiger partial charge on any atom is 0.231 e. The van der Waals surface area contributed by atoms with Crippen molar-refractivity contribution in [3.8, 4) is 0 Å². The molecule has 0 radical (unpaired) electrons. The summed E-state index contributed by atoms with van der Waals surface area (Å²) >= 11 is 1.37. The number of anilines is 1. The third kappa shape index (κ3) is 5.56. The van der Waals surface area contributed by atoms with Gasteiger partial charge in [-0.2, -0.15) is 0 Å². The largest absolute Gasteiger partial charge is 0.342 e. The first-order valence-corrected chi connectivity index (χ1v) is 11.5. The molecule has 166 valence electrons. The zero-order valence-electron chi connectivity index (χ0n) is 17.8. The smallest absolute Gasteiger partial charge is 0.231 e. The van der Waals surface area contributed by atoms with Gasteiger partial charge in [-0.15, -0.1) is 10.2 Å². The van der Waals surface area contributed by atoms with Crippen LogP contribution in [-0.4, -0.2) is 40.0 Å².